The van der Waals surface area contributed by atoms with Crippen molar-refractivity contribution in [3.8, 4) is 0 Å². The van der Waals surface area contributed by atoms with Crippen LogP contribution >= 0.6 is 11.8 Å². The summed E-state index contributed by atoms with van der Waals surface area (Å²) in [6.45, 7) is 0. The van der Waals surface area contributed by atoms with Crippen LogP contribution in [0.2, 0.25) is 0 Å². The SMILES string of the molecule is [B]c1ccc2c(SC3(C(=O)O)CCC3)ccnc2c1. The van der Waals surface area contributed by atoms with E-state index in [1.165, 1.54) is 11.8 Å². The van der Waals surface area contributed by atoms with Gasteiger partial charge in [-0.25, -0.2) is 0 Å². The maximum Gasteiger partial charge on any atom is 0.320 e. The van der Waals surface area contributed by atoms with Gasteiger partial charge in [-0.15, -0.1) is 11.8 Å². The van der Waals surface area contributed by atoms with Gasteiger partial charge in [0.2, 0.25) is 0 Å². The van der Waals surface area contributed by atoms with Gasteiger partial charge in [0.05, 0.1) is 5.52 Å². The number of hydrogen-bond acceptors (Lipinski definition) is 3. The average Bonchev–Trinajstić information content (AvgIpc) is 2.32. The summed E-state index contributed by atoms with van der Waals surface area (Å²) in [6.07, 6.45) is 4.14. The van der Waals surface area contributed by atoms with Crippen LogP contribution in [-0.4, -0.2) is 28.7 Å². The Morgan fingerprint density at radius 2 is 2.16 bits per heavy atom. The van der Waals surface area contributed by atoms with E-state index >= 15 is 0 Å². The van der Waals surface area contributed by atoms with Gasteiger partial charge in [0.15, 0.2) is 0 Å². The number of aromatic nitrogens is 1. The van der Waals surface area contributed by atoms with Crippen molar-refractivity contribution in [2.24, 2.45) is 0 Å². The molecule has 3 rings (SSSR count). The molecule has 1 aliphatic rings. The molecule has 0 unspecified atom stereocenters. The number of carboxylic acids is 1. The number of carboxylic acid groups (broad SMARTS) is 1. The molecule has 2 aromatic rings. The molecule has 1 fully saturated rings. The van der Waals surface area contributed by atoms with Gasteiger partial charge in [0.25, 0.3) is 0 Å². The van der Waals surface area contributed by atoms with E-state index in [1.807, 2.05) is 24.3 Å². The van der Waals surface area contributed by atoms with E-state index in [0.29, 0.717) is 5.46 Å². The van der Waals surface area contributed by atoms with Gasteiger partial charge < -0.3 is 5.11 Å². The Kier molecular flexibility index (Phi) is 3.01. The summed E-state index contributed by atoms with van der Waals surface area (Å²) in [6, 6.07) is 7.43. The van der Waals surface area contributed by atoms with Crippen LogP contribution in [0.1, 0.15) is 19.3 Å². The molecule has 0 aliphatic heterocycles. The second-order valence-electron chi connectivity index (χ2n) is 4.84. The molecule has 19 heavy (non-hydrogen) atoms. The molecule has 0 spiro atoms. The third-order valence-electron chi connectivity index (χ3n) is 3.58. The van der Waals surface area contributed by atoms with Crippen molar-refractivity contribution in [2.75, 3.05) is 0 Å². The standard InChI is InChI=1S/C14H12BNO2S/c15-9-2-3-10-11(8-9)16-7-4-12(10)19-14(13(17)18)5-1-6-14/h2-4,7-8H,1,5-6H2,(H,17,18). The van der Waals surface area contributed by atoms with Crippen LogP contribution in [0.15, 0.2) is 35.4 Å². The highest BCUT2D eigenvalue weighted by Crippen LogP contribution is 2.49. The fourth-order valence-corrected chi connectivity index (χ4v) is 3.71. The molecule has 0 bridgehead atoms. The molecule has 94 valence electrons. The van der Waals surface area contributed by atoms with Crippen molar-refractivity contribution in [1.82, 2.24) is 4.98 Å². The molecule has 3 nitrogen and oxygen atoms in total. The number of nitrogens with zero attached hydrogens (tertiary/aromatic N) is 1. The van der Waals surface area contributed by atoms with Gasteiger partial charge in [-0.05, 0) is 31.4 Å². The monoisotopic (exact) mass is 269 g/mol. The first kappa shape index (κ1) is 12.5. The fraction of sp³-hybridized carbons (Fsp3) is 0.286. The molecular formula is C14H12BNO2S. The molecule has 1 saturated carbocycles. The summed E-state index contributed by atoms with van der Waals surface area (Å²) >= 11 is 1.44. The van der Waals surface area contributed by atoms with E-state index in [-0.39, 0.29) is 0 Å². The molecule has 5 heteroatoms. The Hall–Kier alpha value is -1.49. The third kappa shape index (κ3) is 2.12. The number of hydrogen-bond donors (Lipinski definition) is 1. The minimum Gasteiger partial charge on any atom is -0.480 e. The maximum atomic E-state index is 11.4. The summed E-state index contributed by atoms with van der Waals surface area (Å²) < 4.78 is -0.657. The Labute approximate surface area is 116 Å². The number of thioether (sulfide) groups is 1. The lowest BCUT2D eigenvalue weighted by molar-refractivity contribution is -0.142. The quantitative estimate of drug-likeness (QED) is 0.867. The van der Waals surface area contributed by atoms with E-state index in [0.717, 1.165) is 35.1 Å². The summed E-state index contributed by atoms with van der Waals surface area (Å²) in [7, 11) is 5.75. The van der Waals surface area contributed by atoms with Crippen molar-refractivity contribution in [2.45, 2.75) is 28.9 Å². The molecule has 1 heterocycles. The van der Waals surface area contributed by atoms with Gasteiger partial charge >= 0.3 is 5.97 Å². The second-order valence-corrected chi connectivity index (χ2v) is 6.27. The minimum absolute atomic E-state index is 0.657. The molecule has 0 amide bonds. The average molecular weight is 269 g/mol. The zero-order chi connectivity index (χ0) is 13.5. The predicted molar refractivity (Wildman–Crippen MR) is 77.2 cm³/mol. The number of pyridine rings is 1. The largest absolute Gasteiger partial charge is 0.480 e. The number of benzene rings is 1. The van der Waals surface area contributed by atoms with Crippen LogP contribution in [0.3, 0.4) is 0 Å². The number of rotatable bonds is 3. The van der Waals surface area contributed by atoms with Crippen LogP contribution in [-0.2, 0) is 4.79 Å². The van der Waals surface area contributed by atoms with E-state index in [4.69, 9.17) is 7.85 Å². The van der Waals surface area contributed by atoms with Crippen molar-refractivity contribution in [3.05, 3.63) is 30.5 Å². The molecule has 1 N–H and O–H groups in total. The van der Waals surface area contributed by atoms with Gasteiger partial charge in [0, 0.05) is 16.5 Å². The lowest BCUT2D eigenvalue weighted by Crippen LogP contribution is -2.41. The van der Waals surface area contributed by atoms with E-state index in [1.54, 1.807) is 6.20 Å². The zero-order valence-corrected chi connectivity index (χ0v) is 11.1. The van der Waals surface area contributed by atoms with Crippen molar-refractivity contribution in [1.29, 1.82) is 0 Å². The Morgan fingerprint density at radius 3 is 2.79 bits per heavy atom. The molecule has 1 aromatic carbocycles. The first-order valence-electron chi connectivity index (χ1n) is 6.17. The first-order chi connectivity index (χ1) is 9.11. The second kappa shape index (κ2) is 4.56. The van der Waals surface area contributed by atoms with Crippen LogP contribution in [0.4, 0.5) is 0 Å². The Morgan fingerprint density at radius 1 is 1.37 bits per heavy atom. The van der Waals surface area contributed by atoms with E-state index < -0.39 is 10.7 Å². The lowest BCUT2D eigenvalue weighted by atomic mass is 9.84. The van der Waals surface area contributed by atoms with Crippen LogP contribution in [0.5, 0.6) is 0 Å². The molecular weight excluding hydrogens is 257 g/mol. The highest BCUT2D eigenvalue weighted by atomic mass is 32.2. The number of aliphatic carboxylic acids is 1. The summed E-state index contributed by atoms with van der Waals surface area (Å²) in [5, 5.41) is 10.4. The summed E-state index contributed by atoms with van der Waals surface area (Å²) in [5.74, 6) is -0.718. The highest BCUT2D eigenvalue weighted by molar-refractivity contribution is 8.01. The zero-order valence-electron chi connectivity index (χ0n) is 10.3. The molecule has 2 radical (unpaired) electrons. The molecule has 1 aromatic heterocycles. The third-order valence-corrected chi connectivity index (χ3v) is 5.13. The summed E-state index contributed by atoms with van der Waals surface area (Å²) in [5.41, 5.74) is 1.48. The highest BCUT2D eigenvalue weighted by Gasteiger charge is 2.45. The normalized spacial score (nSPS) is 17.1. The van der Waals surface area contributed by atoms with E-state index in [9.17, 15) is 9.90 Å². The fourth-order valence-electron chi connectivity index (χ4n) is 2.30. The predicted octanol–water partition coefficient (Wildman–Crippen LogP) is 2.13. The first-order valence-corrected chi connectivity index (χ1v) is 6.99. The smallest absolute Gasteiger partial charge is 0.320 e. The summed E-state index contributed by atoms with van der Waals surface area (Å²) in [4.78, 5) is 16.7. The molecule has 1 aliphatic carbocycles. The van der Waals surface area contributed by atoms with Gasteiger partial charge in [-0.3, -0.25) is 9.78 Å². The van der Waals surface area contributed by atoms with Crippen LogP contribution < -0.4 is 5.46 Å². The van der Waals surface area contributed by atoms with Crippen LogP contribution in [0.25, 0.3) is 10.9 Å². The van der Waals surface area contributed by atoms with Crippen molar-refractivity contribution >= 4 is 41.9 Å². The van der Waals surface area contributed by atoms with Crippen molar-refractivity contribution in [3.63, 3.8) is 0 Å². The number of carbonyl (C=O) groups is 1. The Balaban J connectivity index is 2.03. The van der Waals surface area contributed by atoms with Gasteiger partial charge in [0.1, 0.15) is 12.6 Å². The topological polar surface area (TPSA) is 50.2 Å². The minimum atomic E-state index is -0.718. The Bertz CT molecular complexity index is 655. The van der Waals surface area contributed by atoms with E-state index in [2.05, 4.69) is 4.98 Å². The van der Waals surface area contributed by atoms with Gasteiger partial charge in [-0.2, -0.15) is 0 Å². The van der Waals surface area contributed by atoms with Crippen molar-refractivity contribution < 1.29 is 9.90 Å². The molecule has 0 saturated heterocycles. The lowest BCUT2D eigenvalue weighted by Gasteiger charge is -2.37. The number of fused-ring (bicyclic) bond motifs is 1. The van der Waals surface area contributed by atoms with Crippen LogP contribution in [0, 0.1) is 0 Å². The van der Waals surface area contributed by atoms with Gasteiger partial charge in [-0.1, -0.05) is 17.6 Å². The molecule has 0 atom stereocenters. The maximum absolute atomic E-state index is 11.4.